The standard InChI is InChI=1S/C32H38N4O3Si.C26H23N3O3.C6H17NOSi/c1-32(2,3)40(4,5)39-36-31(37)29(20-24-12-8-6-9-13-24)35-30-21-28(33-23-34-30)26-16-18-27(19-17-26)38-22-25-14-10-7-11-15-25;30-26(31)24(15-19-7-3-1-4-8-19)29-25-16-23(27-18-28-25)21-11-13-22(14-12-21)32-17-20-9-5-2-6-10-20;1-6(2,3)9(4,5)8-7/h6-19,21,23,29H,20,22H2,1-5H3,(H,36,37)(H,33,34,35);1-14,16,18,24H,15,17H2,(H,30,31)(H,27,28,29);7H2,1-5H3. The van der Waals surface area contributed by atoms with E-state index in [-0.39, 0.29) is 16.0 Å². The van der Waals surface area contributed by atoms with Crippen molar-refractivity contribution in [2.75, 3.05) is 10.6 Å². The summed E-state index contributed by atoms with van der Waals surface area (Å²) in [6, 6.07) is 57.1. The van der Waals surface area contributed by atoms with Crippen molar-refractivity contribution in [3.8, 4) is 34.0 Å². The average Bonchev–Trinajstić information content (AvgIpc) is 3.55. The fraction of sp³-hybridized carbons (Fsp3) is 0.281. The lowest BCUT2D eigenvalue weighted by molar-refractivity contribution is -0.138. The van der Waals surface area contributed by atoms with Crippen LogP contribution in [0.4, 0.5) is 11.6 Å². The number of aromatic nitrogens is 4. The highest BCUT2D eigenvalue weighted by atomic mass is 28.4. The Morgan fingerprint density at radius 1 is 0.506 bits per heavy atom. The van der Waals surface area contributed by atoms with E-state index in [1.807, 2.05) is 176 Å². The normalized spacial score (nSPS) is 12.2. The van der Waals surface area contributed by atoms with Crippen molar-refractivity contribution < 1.29 is 33.2 Å². The monoisotopic (exact) mass is 1130 g/mol. The van der Waals surface area contributed by atoms with Gasteiger partial charge >= 0.3 is 5.97 Å². The smallest absolute Gasteiger partial charge is 0.326 e. The molecule has 0 spiro atoms. The maximum atomic E-state index is 13.3. The van der Waals surface area contributed by atoms with Crippen LogP contribution in [0, 0.1) is 0 Å². The number of nitrogens with one attached hydrogen (secondary N) is 3. The molecule has 2 heterocycles. The molecule has 0 aliphatic heterocycles. The number of rotatable bonds is 21. The number of hydrogen-bond acceptors (Lipinski definition) is 13. The highest BCUT2D eigenvalue weighted by Gasteiger charge is 2.39. The number of ether oxygens (including phenoxy) is 2. The van der Waals surface area contributed by atoms with Gasteiger partial charge in [0.05, 0.1) is 11.4 Å². The molecule has 2 aromatic heterocycles. The lowest BCUT2D eigenvalue weighted by Gasteiger charge is -2.35. The lowest BCUT2D eigenvalue weighted by Crippen LogP contribution is -2.50. The first kappa shape index (κ1) is 62.1. The molecule has 15 nitrogen and oxygen atoms in total. The van der Waals surface area contributed by atoms with Crippen LogP contribution in [0.1, 0.15) is 63.8 Å². The molecule has 1 amide bonds. The average molecular weight is 1130 g/mol. The third kappa shape index (κ3) is 19.9. The van der Waals surface area contributed by atoms with Gasteiger partial charge < -0.3 is 34.3 Å². The van der Waals surface area contributed by atoms with Crippen LogP contribution in [0.25, 0.3) is 22.5 Å². The van der Waals surface area contributed by atoms with Gasteiger partial charge in [0.2, 0.25) is 16.6 Å². The van der Waals surface area contributed by atoms with Crippen LogP contribution < -0.4 is 31.5 Å². The second-order valence-electron chi connectivity index (χ2n) is 22.5. The van der Waals surface area contributed by atoms with E-state index in [1.165, 1.54) is 12.7 Å². The van der Waals surface area contributed by atoms with Gasteiger partial charge in [-0.3, -0.25) is 4.79 Å². The van der Waals surface area contributed by atoms with Crippen LogP contribution >= 0.6 is 0 Å². The van der Waals surface area contributed by atoms with Gasteiger partial charge in [0.15, 0.2) is 0 Å². The Labute approximate surface area is 479 Å². The Bertz CT molecular complexity index is 3170. The molecular formula is C64H78N8O7Si2. The maximum Gasteiger partial charge on any atom is 0.326 e. The third-order valence-electron chi connectivity index (χ3n) is 14.3. The number of carbonyl (C=O) groups is 2. The highest BCUT2D eigenvalue weighted by molar-refractivity contribution is 6.74. The number of carboxylic acid groups (broad SMARTS) is 1. The zero-order valence-corrected chi connectivity index (χ0v) is 50.2. The van der Waals surface area contributed by atoms with Crippen molar-refractivity contribution in [1.29, 1.82) is 0 Å². The van der Waals surface area contributed by atoms with E-state index in [9.17, 15) is 14.7 Å². The Kier molecular flexibility index (Phi) is 22.6. The minimum absolute atomic E-state index is 0.0354. The highest BCUT2D eigenvalue weighted by Crippen LogP contribution is 2.36. The second-order valence-corrected chi connectivity index (χ2v) is 32.0. The first-order valence-electron chi connectivity index (χ1n) is 27.0. The molecule has 424 valence electrons. The number of hydroxylamine groups is 1. The molecule has 6 aromatic carbocycles. The summed E-state index contributed by atoms with van der Waals surface area (Å²) in [5.74, 6) is 6.53. The minimum atomic E-state index is -2.18. The predicted molar refractivity (Wildman–Crippen MR) is 328 cm³/mol. The van der Waals surface area contributed by atoms with Gasteiger partial charge in [-0.05, 0) is 107 Å². The van der Waals surface area contributed by atoms with Gasteiger partial charge in [0.25, 0.3) is 5.91 Å². The third-order valence-corrected chi connectivity index (χ3v) is 22.7. The summed E-state index contributed by atoms with van der Waals surface area (Å²) in [5.41, 5.74) is 10.2. The number of nitrogens with two attached hydrogens (primary N) is 1. The summed E-state index contributed by atoms with van der Waals surface area (Å²) in [6.07, 6.45) is 3.75. The molecule has 17 heteroatoms. The molecule has 0 saturated heterocycles. The molecule has 8 aromatic rings. The van der Waals surface area contributed by atoms with E-state index >= 15 is 0 Å². The Balaban J connectivity index is 0.000000230. The van der Waals surface area contributed by atoms with Crippen LogP contribution in [-0.4, -0.2) is 65.6 Å². The number of aliphatic carboxylic acids is 1. The number of carboxylic acids is 1. The summed E-state index contributed by atoms with van der Waals surface area (Å²) in [7, 11) is -3.78. The molecule has 6 N–H and O–H groups in total. The van der Waals surface area contributed by atoms with Crippen LogP contribution in [0.15, 0.2) is 195 Å². The summed E-state index contributed by atoms with van der Waals surface area (Å²) >= 11 is 0. The molecule has 0 saturated carbocycles. The predicted octanol–water partition coefficient (Wildman–Crippen LogP) is 13.5. The number of nitrogens with zero attached hydrogens (tertiary/aromatic N) is 4. The first-order valence-corrected chi connectivity index (χ1v) is 32.8. The van der Waals surface area contributed by atoms with E-state index in [0.29, 0.717) is 43.4 Å². The molecule has 0 aliphatic carbocycles. The van der Waals surface area contributed by atoms with Gasteiger partial charge in [0, 0.05) is 36.1 Å². The SMILES string of the molecule is CC(C)(C)[Si](C)(C)ON.CC(C)(C)[Si](C)(C)ONC(=O)C(Cc1ccccc1)Nc1cc(-c2ccc(OCc3ccccc3)cc2)ncn1.O=C(O)C(Cc1ccccc1)Nc1cc(-c2ccc(OCc3ccccc3)cc2)ncn1. The summed E-state index contributed by atoms with van der Waals surface area (Å²) < 4.78 is 22.7. The minimum Gasteiger partial charge on any atom is -0.489 e. The van der Waals surface area contributed by atoms with Gasteiger partial charge in [0.1, 0.15) is 61.1 Å². The lowest BCUT2D eigenvalue weighted by atomic mass is 10.1. The topological polar surface area (TPSA) is 205 Å². The van der Waals surface area contributed by atoms with Crippen LogP contribution in [0.2, 0.25) is 36.3 Å². The largest absolute Gasteiger partial charge is 0.489 e. The van der Waals surface area contributed by atoms with E-state index in [2.05, 4.69) is 104 Å². The molecule has 2 atom stereocenters. The molecular weight excluding hydrogens is 1050 g/mol. The van der Waals surface area contributed by atoms with Crippen LogP contribution in [0.3, 0.4) is 0 Å². The Hall–Kier alpha value is -8.07. The van der Waals surface area contributed by atoms with Gasteiger partial charge in [-0.2, -0.15) is 0 Å². The van der Waals surface area contributed by atoms with Gasteiger partial charge in [-0.15, -0.1) is 0 Å². The Morgan fingerprint density at radius 3 is 1.21 bits per heavy atom. The van der Waals surface area contributed by atoms with E-state index in [4.69, 9.17) is 24.4 Å². The summed E-state index contributed by atoms with van der Waals surface area (Å²) in [6.45, 7) is 22.3. The quantitative estimate of drug-likeness (QED) is 0.0335. The van der Waals surface area contributed by atoms with Gasteiger partial charge in [-0.1, -0.05) is 163 Å². The fourth-order valence-corrected chi connectivity index (χ4v) is 8.17. The fourth-order valence-electron chi connectivity index (χ4n) is 7.16. The van der Waals surface area contributed by atoms with E-state index < -0.39 is 34.7 Å². The molecule has 2 unspecified atom stereocenters. The van der Waals surface area contributed by atoms with E-state index in [1.54, 1.807) is 6.07 Å². The van der Waals surface area contributed by atoms with Crippen LogP contribution in [-0.2, 0) is 44.7 Å². The summed E-state index contributed by atoms with van der Waals surface area (Å²) in [4.78, 5) is 42.5. The maximum absolute atomic E-state index is 13.3. The number of benzene rings is 6. The number of anilines is 2. The second kappa shape index (κ2) is 29.4. The summed E-state index contributed by atoms with van der Waals surface area (Å²) in [5, 5.41) is 16.1. The van der Waals surface area contributed by atoms with Crippen molar-refractivity contribution >= 4 is 40.1 Å². The molecule has 0 fully saturated rings. The van der Waals surface area contributed by atoms with Crippen molar-refractivity contribution in [2.24, 2.45) is 5.90 Å². The number of amides is 1. The molecule has 81 heavy (non-hydrogen) atoms. The van der Waals surface area contributed by atoms with Gasteiger partial charge in [-0.25, -0.2) is 36.1 Å². The van der Waals surface area contributed by atoms with Crippen molar-refractivity contribution in [1.82, 2.24) is 25.4 Å². The van der Waals surface area contributed by atoms with Crippen molar-refractivity contribution in [3.05, 3.63) is 217 Å². The Morgan fingerprint density at radius 2 is 0.864 bits per heavy atom. The molecule has 0 bridgehead atoms. The van der Waals surface area contributed by atoms with Crippen molar-refractivity contribution in [3.63, 3.8) is 0 Å². The first-order chi connectivity index (χ1) is 38.6. The van der Waals surface area contributed by atoms with Crippen molar-refractivity contribution in [2.45, 2.75) is 116 Å². The number of hydrogen-bond donors (Lipinski definition) is 5. The van der Waals surface area contributed by atoms with Crippen LogP contribution in [0.5, 0.6) is 11.5 Å². The zero-order chi connectivity index (χ0) is 58.5. The zero-order valence-electron chi connectivity index (χ0n) is 48.2. The molecule has 8 rings (SSSR count). The number of carbonyl (C=O) groups excluding carboxylic acids is 1. The van der Waals surface area contributed by atoms with E-state index in [0.717, 1.165) is 50.6 Å². The molecule has 0 radical (unpaired) electrons. The molecule has 0 aliphatic rings.